The van der Waals surface area contributed by atoms with E-state index < -0.39 is 0 Å². The number of rotatable bonds is 1. The van der Waals surface area contributed by atoms with E-state index in [9.17, 15) is 9.90 Å². The van der Waals surface area contributed by atoms with Crippen molar-refractivity contribution < 1.29 is 14.6 Å². The van der Waals surface area contributed by atoms with Crippen LogP contribution in [0.4, 0.5) is 0 Å². The van der Waals surface area contributed by atoms with Crippen LogP contribution in [-0.4, -0.2) is 23.3 Å². The highest BCUT2D eigenvalue weighted by Crippen LogP contribution is 2.57. The molecular weight excluding hydrogens is 288 g/mol. The molecule has 3 aliphatic rings. The third-order valence-electron chi connectivity index (χ3n) is 6.59. The van der Waals surface area contributed by atoms with Gasteiger partial charge in [-0.05, 0) is 73.1 Å². The van der Waals surface area contributed by atoms with Crippen LogP contribution in [0.2, 0.25) is 0 Å². The number of carbonyl (C=O) groups excluding carboxylic acids is 1. The van der Waals surface area contributed by atoms with Gasteiger partial charge in [-0.1, -0.05) is 19.1 Å². The molecule has 0 aliphatic heterocycles. The van der Waals surface area contributed by atoms with Crippen molar-refractivity contribution in [1.29, 1.82) is 0 Å². The Labute approximate surface area is 138 Å². The van der Waals surface area contributed by atoms with Gasteiger partial charge in [-0.3, -0.25) is 4.79 Å². The fourth-order valence-electron chi connectivity index (χ4n) is 5.39. The maximum atomic E-state index is 11.4. The number of ether oxygens (including phenoxy) is 1. The molecule has 0 aromatic heterocycles. The van der Waals surface area contributed by atoms with Crippen molar-refractivity contribution >= 4 is 5.97 Å². The molecule has 0 bridgehead atoms. The van der Waals surface area contributed by atoms with E-state index in [0.29, 0.717) is 5.92 Å². The quantitative estimate of drug-likeness (QED) is 0.809. The molecular formula is C20H26O3. The molecule has 2 unspecified atom stereocenters. The second-order valence-electron chi connectivity index (χ2n) is 7.90. The summed E-state index contributed by atoms with van der Waals surface area (Å²) in [7, 11) is 0. The van der Waals surface area contributed by atoms with Gasteiger partial charge in [0.05, 0.1) is 6.10 Å². The first kappa shape index (κ1) is 15.2. The van der Waals surface area contributed by atoms with Crippen LogP contribution < -0.4 is 0 Å². The highest BCUT2D eigenvalue weighted by molar-refractivity contribution is 5.66. The van der Waals surface area contributed by atoms with Gasteiger partial charge in [0.1, 0.15) is 6.10 Å². The van der Waals surface area contributed by atoms with Crippen molar-refractivity contribution in [2.45, 2.75) is 76.9 Å². The molecule has 23 heavy (non-hydrogen) atoms. The molecule has 0 saturated heterocycles. The molecule has 1 N–H and O–H groups in total. The first-order valence-corrected chi connectivity index (χ1v) is 8.98. The van der Waals surface area contributed by atoms with Gasteiger partial charge >= 0.3 is 5.97 Å². The highest BCUT2D eigenvalue weighted by Gasteiger charge is 2.51. The number of fused-ring (bicyclic) bond motifs is 5. The average Bonchev–Trinajstić information content (AvgIpc) is 2.83. The molecule has 0 spiro atoms. The van der Waals surface area contributed by atoms with Crippen molar-refractivity contribution in [3.8, 4) is 0 Å². The SMILES string of the molecule is CC(=O)O[C@H]1CCC2c3ccc4c(c3CCC21C)CC[C@@H](O)C4. The van der Waals surface area contributed by atoms with E-state index in [2.05, 4.69) is 19.1 Å². The van der Waals surface area contributed by atoms with E-state index in [4.69, 9.17) is 4.74 Å². The van der Waals surface area contributed by atoms with Crippen LogP contribution in [0.5, 0.6) is 0 Å². The summed E-state index contributed by atoms with van der Waals surface area (Å²) in [5, 5.41) is 9.92. The summed E-state index contributed by atoms with van der Waals surface area (Å²) in [6.45, 7) is 3.83. The highest BCUT2D eigenvalue weighted by atomic mass is 16.5. The second-order valence-corrected chi connectivity index (χ2v) is 7.90. The fraction of sp³-hybridized carbons (Fsp3) is 0.650. The average molecular weight is 314 g/mol. The molecule has 4 atom stereocenters. The first-order valence-electron chi connectivity index (χ1n) is 8.98. The molecule has 1 aromatic carbocycles. The Hall–Kier alpha value is -1.35. The Morgan fingerprint density at radius 1 is 1.22 bits per heavy atom. The van der Waals surface area contributed by atoms with Gasteiger partial charge in [-0.25, -0.2) is 0 Å². The van der Waals surface area contributed by atoms with Crippen molar-refractivity contribution in [3.05, 3.63) is 34.4 Å². The van der Waals surface area contributed by atoms with Crippen molar-refractivity contribution in [2.24, 2.45) is 5.41 Å². The molecule has 3 aliphatic carbocycles. The molecule has 0 amide bonds. The molecule has 0 heterocycles. The minimum absolute atomic E-state index is 0.0657. The Bertz CT molecular complexity index is 651. The van der Waals surface area contributed by atoms with Gasteiger partial charge in [0, 0.05) is 12.3 Å². The summed E-state index contributed by atoms with van der Waals surface area (Å²) in [5.41, 5.74) is 5.97. The van der Waals surface area contributed by atoms with Crippen LogP contribution in [-0.2, 0) is 28.8 Å². The second kappa shape index (κ2) is 5.34. The number of hydrogen-bond donors (Lipinski definition) is 1. The van der Waals surface area contributed by atoms with E-state index in [1.165, 1.54) is 23.6 Å². The van der Waals surface area contributed by atoms with Crippen molar-refractivity contribution in [1.82, 2.24) is 0 Å². The smallest absolute Gasteiger partial charge is 0.302 e. The third kappa shape index (κ3) is 2.32. The van der Waals surface area contributed by atoms with E-state index in [0.717, 1.165) is 44.9 Å². The maximum Gasteiger partial charge on any atom is 0.302 e. The van der Waals surface area contributed by atoms with E-state index >= 15 is 0 Å². The van der Waals surface area contributed by atoms with E-state index in [1.807, 2.05) is 0 Å². The van der Waals surface area contributed by atoms with Crippen LogP contribution >= 0.6 is 0 Å². The van der Waals surface area contributed by atoms with Crippen LogP contribution in [0.25, 0.3) is 0 Å². The lowest BCUT2D eigenvalue weighted by Crippen LogP contribution is -2.38. The topological polar surface area (TPSA) is 46.5 Å². The zero-order valence-electron chi connectivity index (χ0n) is 14.1. The molecule has 1 aromatic rings. The van der Waals surface area contributed by atoms with Gasteiger partial charge in [0.2, 0.25) is 0 Å². The van der Waals surface area contributed by atoms with Gasteiger partial charge in [-0.15, -0.1) is 0 Å². The van der Waals surface area contributed by atoms with Crippen molar-refractivity contribution in [3.63, 3.8) is 0 Å². The molecule has 124 valence electrons. The largest absolute Gasteiger partial charge is 0.462 e. The lowest BCUT2D eigenvalue weighted by atomic mass is 9.64. The minimum Gasteiger partial charge on any atom is -0.462 e. The Morgan fingerprint density at radius 3 is 2.83 bits per heavy atom. The monoisotopic (exact) mass is 314 g/mol. The first-order chi connectivity index (χ1) is 11.0. The number of hydrogen-bond acceptors (Lipinski definition) is 3. The summed E-state index contributed by atoms with van der Waals surface area (Å²) in [6.07, 6.45) is 6.88. The predicted molar refractivity (Wildman–Crippen MR) is 88.4 cm³/mol. The van der Waals surface area contributed by atoms with Gasteiger partial charge in [0.15, 0.2) is 0 Å². The van der Waals surface area contributed by atoms with Gasteiger partial charge in [0.25, 0.3) is 0 Å². The lowest BCUT2D eigenvalue weighted by Gasteiger charge is -2.42. The fourth-order valence-corrected chi connectivity index (χ4v) is 5.39. The number of esters is 1. The summed E-state index contributed by atoms with van der Waals surface area (Å²) in [4.78, 5) is 11.4. The number of carbonyl (C=O) groups is 1. The molecule has 3 nitrogen and oxygen atoms in total. The minimum atomic E-state index is -0.172. The number of aliphatic hydroxyl groups excluding tert-OH is 1. The molecule has 1 saturated carbocycles. The summed E-state index contributed by atoms with van der Waals surface area (Å²) < 4.78 is 5.65. The van der Waals surface area contributed by atoms with Crippen LogP contribution in [0.3, 0.4) is 0 Å². The zero-order valence-corrected chi connectivity index (χ0v) is 14.1. The molecule has 3 heteroatoms. The van der Waals surface area contributed by atoms with Crippen molar-refractivity contribution in [2.75, 3.05) is 0 Å². The molecule has 1 fully saturated rings. The zero-order chi connectivity index (χ0) is 16.2. The maximum absolute atomic E-state index is 11.4. The summed E-state index contributed by atoms with van der Waals surface area (Å²) in [6, 6.07) is 4.53. The summed E-state index contributed by atoms with van der Waals surface area (Å²) >= 11 is 0. The normalized spacial score (nSPS) is 35.2. The number of aliphatic hydroxyl groups is 1. The third-order valence-corrected chi connectivity index (χ3v) is 6.59. The van der Waals surface area contributed by atoms with E-state index in [1.54, 1.807) is 5.56 Å². The van der Waals surface area contributed by atoms with Gasteiger partial charge in [-0.2, -0.15) is 0 Å². The number of benzene rings is 1. The van der Waals surface area contributed by atoms with Crippen LogP contribution in [0.1, 0.15) is 67.7 Å². The Morgan fingerprint density at radius 2 is 2.04 bits per heavy atom. The Balaban J connectivity index is 1.71. The summed E-state index contributed by atoms with van der Waals surface area (Å²) in [5.74, 6) is 0.356. The Kier molecular flexibility index (Phi) is 3.53. The molecule has 4 rings (SSSR count). The van der Waals surface area contributed by atoms with Crippen LogP contribution in [0, 0.1) is 5.41 Å². The molecule has 0 radical (unpaired) electrons. The standard InChI is InChI=1S/C20H26O3/c1-12(21)23-19-8-7-18-17-5-3-13-11-14(22)4-6-15(13)16(17)9-10-20(18,19)2/h3,5,14,18-19,22H,4,6-11H2,1-2H3/t14-,18?,19+,20?/m1/s1. The lowest BCUT2D eigenvalue weighted by molar-refractivity contribution is -0.152. The predicted octanol–water partition coefficient (Wildman–Crippen LogP) is 3.30. The van der Waals surface area contributed by atoms with E-state index in [-0.39, 0.29) is 23.6 Å². The van der Waals surface area contributed by atoms with Crippen LogP contribution in [0.15, 0.2) is 12.1 Å². The van der Waals surface area contributed by atoms with Gasteiger partial charge < -0.3 is 9.84 Å².